The Kier molecular flexibility index (Phi) is 3.84. The number of allylic oxidation sites excluding steroid dienone is 2. The van der Waals surface area contributed by atoms with Crippen molar-refractivity contribution >= 4 is 22.4 Å². The van der Waals surface area contributed by atoms with Gasteiger partial charge in [-0.25, -0.2) is 4.79 Å². The highest BCUT2D eigenvalue weighted by Crippen LogP contribution is 2.45. The van der Waals surface area contributed by atoms with E-state index in [9.17, 15) is 14.4 Å². The Morgan fingerprint density at radius 2 is 1.69 bits per heavy atom. The predicted molar refractivity (Wildman–Crippen MR) is 112 cm³/mol. The minimum absolute atomic E-state index is 0.0678. The number of carbonyl (C=O) groups is 1. The number of anilines is 1. The summed E-state index contributed by atoms with van der Waals surface area (Å²) in [5.41, 5.74) is 2.12. The van der Waals surface area contributed by atoms with Crippen molar-refractivity contribution in [3.63, 3.8) is 0 Å². The molecule has 3 aromatic rings. The molecule has 5 rings (SSSR count). The van der Waals surface area contributed by atoms with Crippen LogP contribution in [0, 0.1) is 0 Å². The minimum Gasteiger partial charge on any atom is -0.344 e. The van der Waals surface area contributed by atoms with E-state index in [0.717, 1.165) is 39.4 Å². The molecule has 0 saturated carbocycles. The summed E-state index contributed by atoms with van der Waals surface area (Å²) in [6.07, 6.45) is 1.97. The predicted octanol–water partition coefficient (Wildman–Crippen LogP) is 2.80. The number of rotatable bonds is 1. The molecule has 0 spiro atoms. The van der Waals surface area contributed by atoms with Crippen molar-refractivity contribution in [3.05, 3.63) is 85.7 Å². The Labute approximate surface area is 167 Å². The molecule has 0 unspecified atom stereocenters. The molecule has 0 saturated heterocycles. The highest BCUT2D eigenvalue weighted by atomic mass is 16.2. The number of Topliss-reactive ketones (excluding diaryl/α,β-unsaturated/α-hetero) is 1. The second kappa shape index (κ2) is 6.30. The van der Waals surface area contributed by atoms with E-state index < -0.39 is 5.92 Å². The number of benzene rings is 2. The largest absolute Gasteiger partial charge is 0.344 e. The fourth-order valence-electron chi connectivity index (χ4n) is 4.71. The zero-order chi connectivity index (χ0) is 20.3. The molecule has 2 aromatic carbocycles. The normalized spacial score (nSPS) is 18.4. The molecule has 6 heteroatoms. The Bertz CT molecular complexity index is 1340. The minimum atomic E-state index is -0.495. The lowest BCUT2D eigenvalue weighted by Crippen LogP contribution is -2.44. The van der Waals surface area contributed by atoms with Gasteiger partial charge in [-0.15, -0.1) is 0 Å². The summed E-state index contributed by atoms with van der Waals surface area (Å²) in [4.78, 5) is 38.8. The van der Waals surface area contributed by atoms with Crippen LogP contribution in [0.4, 0.5) is 5.82 Å². The van der Waals surface area contributed by atoms with Crippen molar-refractivity contribution in [1.29, 1.82) is 0 Å². The van der Waals surface area contributed by atoms with Gasteiger partial charge in [-0.1, -0.05) is 42.5 Å². The first-order chi connectivity index (χ1) is 14.0. The Morgan fingerprint density at radius 3 is 2.52 bits per heavy atom. The number of aromatic nitrogens is 2. The van der Waals surface area contributed by atoms with Gasteiger partial charge in [0.05, 0.1) is 5.56 Å². The molecule has 146 valence electrons. The van der Waals surface area contributed by atoms with Gasteiger partial charge < -0.3 is 5.32 Å². The highest BCUT2D eigenvalue weighted by molar-refractivity contribution is 6.02. The SMILES string of the molecule is Cn1c2c(c(=O)n(C)c1=O)[C@@H](c1cccc3ccccc13)C1=C(CCCC1=O)N2. The van der Waals surface area contributed by atoms with Crippen LogP contribution >= 0.6 is 0 Å². The quantitative estimate of drug-likeness (QED) is 0.697. The van der Waals surface area contributed by atoms with Gasteiger partial charge in [0.15, 0.2) is 5.78 Å². The monoisotopic (exact) mass is 387 g/mol. The molecule has 0 radical (unpaired) electrons. The molecular formula is C23H21N3O3. The summed E-state index contributed by atoms with van der Waals surface area (Å²) in [6.45, 7) is 0. The third-order valence-electron chi connectivity index (χ3n) is 6.14. The molecule has 1 aliphatic heterocycles. The number of fused-ring (bicyclic) bond motifs is 2. The average molecular weight is 387 g/mol. The number of hydrogen-bond acceptors (Lipinski definition) is 4. The Hall–Kier alpha value is -3.41. The van der Waals surface area contributed by atoms with Gasteiger partial charge in [0.2, 0.25) is 0 Å². The van der Waals surface area contributed by atoms with Gasteiger partial charge in [0, 0.05) is 37.7 Å². The number of carbonyl (C=O) groups excluding carboxylic acids is 1. The fraction of sp³-hybridized carbons (Fsp3) is 0.261. The van der Waals surface area contributed by atoms with Crippen molar-refractivity contribution in [2.75, 3.05) is 5.32 Å². The van der Waals surface area contributed by atoms with E-state index in [1.54, 1.807) is 7.05 Å². The molecule has 1 aliphatic carbocycles. The second-order valence-electron chi connectivity index (χ2n) is 7.76. The molecule has 1 N–H and O–H groups in total. The van der Waals surface area contributed by atoms with Crippen LogP contribution in [0.1, 0.15) is 36.3 Å². The van der Waals surface area contributed by atoms with Crippen LogP contribution < -0.4 is 16.6 Å². The highest BCUT2D eigenvalue weighted by Gasteiger charge is 2.39. The standard InChI is InChI=1S/C23H21N3O3/c1-25-21-20(22(28)26(2)23(25)29)18(19-16(24-21)11-6-12-17(19)27)15-10-5-8-13-7-3-4-9-14(13)15/h3-5,7-10,18,24H,6,11-12H2,1-2H3/t18-/m0/s1. The van der Waals surface area contributed by atoms with Gasteiger partial charge in [0.25, 0.3) is 5.56 Å². The first-order valence-corrected chi connectivity index (χ1v) is 9.80. The summed E-state index contributed by atoms with van der Waals surface area (Å²) in [6, 6.07) is 14.0. The summed E-state index contributed by atoms with van der Waals surface area (Å²) in [7, 11) is 3.14. The van der Waals surface area contributed by atoms with Gasteiger partial charge in [0.1, 0.15) is 5.82 Å². The maximum Gasteiger partial charge on any atom is 0.332 e. The maximum absolute atomic E-state index is 13.3. The Balaban J connectivity index is 1.93. The molecule has 6 nitrogen and oxygen atoms in total. The van der Waals surface area contributed by atoms with Crippen molar-refractivity contribution < 1.29 is 4.79 Å². The average Bonchev–Trinajstić information content (AvgIpc) is 2.74. The van der Waals surface area contributed by atoms with Crippen LogP contribution in [-0.2, 0) is 18.9 Å². The smallest absolute Gasteiger partial charge is 0.332 e. The van der Waals surface area contributed by atoms with Gasteiger partial charge in [-0.05, 0) is 29.2 Å². The zero-order valence-corrected chi connectivity index (χ0v) is 16.4. The third kappa shape index (κ3) is 2.45. The van der Waals surface area contributed by atoms with Gasteiger partial charge in [-0.3, -0.25) is 18.7 Å². The summed E-state index contributed by atoms with van der Waals surface area (Å²) in [5, 5.41) is 5.32. The molecule has 29 heavy (non-hydrogen) atoms. The van der Waals surface area contributed by atoms with Gasteiger partial charge in [-0.2, -0.15) is 0 Å². The van der Waals surface area contributed by atoms with E-state index in [-0.39, 0.29) is 17.0 Å². The van der Waals surface area contributed by atoms with Crippen molar-refractivity contribution in [3.8, 4) is 0 Å². The van der Waals surface area contributed by atoms with Crippen LogP contribution in [-0.4, -0.2) is 14.9 Å². The van der Waals surface area contributed by atoms with Crippen molar-refractivity contribution in [2.24, 2.45) is 14.1 Å². The third-order valence-corrected chi connectivity index (χ3v) is 6.14. The van der Waals surface area contributed by atoms with E-state index in [2.05, 4.69) is 5.32 Å². The zero-order valence-electron chi connectivity index (χ0n) is 16.4. The van der Waals surface area contributed by atoms with Crippen LogP contribution in [0.3, 0.4) is 0 Å². The molecule has 0 amide bonds. The molecule has 0 bridgehead atoms. The van der Waals surface area contributed by atoms with Crippen molar-refractivity contribution in [2.45, 2.75) is 25.2 Å². The number of nitrogens with one attached hydrogen (secondary N) is 1. The first kappa shape index (κ1) is 17.7. The summed E-state index contributed by atoms with van der Waals surface area (Å²) < 4.78 is 2.59. The number of hydrogen-bond donors (Lipinski definition) is 1. The summed E-state index contributed by atoms with van der Waals surface area (Å²) in [5.74, 6) is 0.0633. The van der Waals surface area contributed by atoms with Crippen LogP contribution in [0.25, 0.3) is 10.8 Å². The van der Waals surface area contributed by atoms with Crippen molar-refractivity contribution in [1.82, 2.24) is 9.13 Å². The molecule has 2 aliphatic rings. The van der Waals surface area contributed by atoms with E-state index in [0.29, 0.717) is 23.4 Å². The number of ketones is 1. The molecular weight excluding hydrogens is 366 g/mol. The van der Waals surface area contributed by atoms with Crippen LogP contribution in [0.2, 0.25) is 0 Å². The number of nitrogens with zero attached hydrogens (tertiary/aromatic N) is 2. The topological polar surface area (TPSA) is 73.1 Å². The molecule has 1 atom stereocenters. The molecule has 0 fully saturated rings. The van der Waals surface area contributed by atoms with E-state index >= 15 is 0 Å². The Morgan fingerprint density at radius 1 is 0.931 bits per heavy atom. The second-order valence-corrected chi connectivity index (χ2v) is 7.76. The van der Waals surface area contributed by atoms with E-state index in [1.165, 1.54) is 11.6 Å². The lowest BCUT2D eigenvalue weighted by Gasteiger charge is -2.34. The fourth-order valence-corrected chi connectivity index (χ4v) is 4.71. The lowest BCUT2D eigenvalue weighted by molar-refractivity contribution is -0.116. The van der Waals surface area contributed by atoms with Crippen LogP contribution in [0.15, 0.2) is 63.3 Å². The molecule has 2 heterocycles. The van der Waals surface area contributed by atoms with Gasteiger partial charge >= 0.3 is 5.69 Å². The first-order valence-electron chi connectivity index (χ1n) is 9.80. The summed E-state index contributed by atoms with van der Waals surface area (Å²) >= 11 is 0. The maximum atomic E-state index is 13.3. The van der Waals surface area contributed by atoms with E-state index in [1.807, 2.05) is 42.5 Å². The lowest BCUT2D eigenvalue weighted by atomic mass is 9.75. The molecule has 1 aromatic heterocycles. The van der Waals surface area contributed by atoms with Crippen LogP contribution in [0.5, 0.6) is 0 Å². The van der Waals surface area contributed by atoms with E-state index in [4.69, 9.17) is 0 Å².